The minimum atomic E-state index is -4.39. The van der Waals surface area contributed by atoms with E-state index in [0.717, 1.165) is 18.2 Å². The van der Waals surface area contributed by atoms with E-state index in [-0.39, 0.29) is 51.0 Å². The Balaban J connectivity index is 0.00000156. The van der Waals surface area contributed by atoms with Gasteiger partial charge < -0.3 is 17.2 Å². The molecule has 3 aromatic carbocycles. The fourth-order valence-electron chi connectivity index (χ4n) is 2.68. The monoisotopic (exact) mass is 388 g/mol. The minimum Gasteiger partial charge on any atom is -1.00 e. The molecule has 0 unspecified atom stereocenters. The predicted molar refractivity (Wildman–Crippen MR) is 89.6 cm³/mol. The van der Waals surface area contributed by atoms with Crippen LogP contribution in [0.1, 0.15) is 0 Å². The molecule has 3 aromatic rings. The molecule has 25 heavy (non-hydrogen) atoms. The summed E-state index contributed by atoms with van der Waals surface area (Å²) in [5.41, 5.74) is 0. The van der Waals surface area contributed by atoms with Crippen molar-refractivity contribution in [2.45, 2.75) is 0 Å². The molecule has 0 aliphatic rings. The van der Waals surface area contributed by atoms with Crippen molar-refractivity contribution in [3.63, 3.8) is 0 Å². The van der Waals surface area contributed by atoms with Crippen LogP contribution in [-0.2, 0) is 0 Å². The van der Waals surface area contributed by atoms with Crippen LogP contribution in [0.15, 0.2) is 72.8 Å². The van der Waals surface area contributed by atoms with Gasteiger partial charge in [0, 0.05) is 0 Å². The molecule has 0 N–H and O–H groups in total. The summed E-state index contributed by atoms with van der Waals surface area (Å²) in [7, 11) is -4.39. The van der Waals surface area contributed by atoms with Gasteiger partial charge in [-0.15, -0.1) is 0 Å². The quantitative estimate of drug-likeness (QED) is 0.378. The first-order valence-corrected chi connectivity index (χ1v) is 8.91. The topological polar surface area (TPSA) is 23.1 Å². The zero-order valence-electron chi connectivity index (χ0n) is 13.1. The van der Waals surface area contributed by atoms with Crippen molar-refractivity contribution in [2.75, 3.05) is 0 Å². The SMILES string of the molecule is [Cl-].[Mg+2].[O-][Si](c1ccccc1F)(c1ccccc1F)c1ccccc1F. The summed E-state index contributed by atoms with van der Waals surface area (Å²) in [5.74, 6) is -2.25. The largest absolute Gasteiger partial charge is 2.00 e. The molecule has 0 heterocycles. The van der Waals surface area contributed by atoms with Crippen LogP contribution in [0.25, 0.3) is 0 Å². The van der Waals surface area contributed by atoms with Crippen LogP contribution in [0.3, 0.4) is 0 Å². The Hall–Kier alpha value is -1.32. The zero-order valence-corrected chi connectivity index (χ0v) is 16.2. The van der Waals surface area contributed by atoms with Crippen molar-refractivity contribution in [1.29, 1.82) is 0 Å². The first kappa shape index (κ1) is 21.7. The van der Waals surface area contributed by atoms with E-state index in [1.807, 2.05) is 0 Å². The molecule has 0 fully saturated rings. The van der Waals surface area contributed by atoms with Crippen molar-refractivity contribution >= 4 is 46.9 Å². The molecule has 0 aliphatic heterocycles. The van der Waals surface area contributed by atoms with Gasteiger partial charge in [0.2, 0.25) is 0 Å². The summed E-state index contributed by atoms with van der Waals surface area (Å²) >= 11 is 0. The van der Waals surface area contributed by atoms with Gasteiger partial charge in [0.15, 0.2) is 0 Å². The second kappa shape index (κ2) is 8.87. The van der Waals surface area contributed by atoms with Gasteiger partial charge in [-0.1, -0.05) is 54.6 Å². The Bertz CT molecular complexity index is 752. The van der Waals surface area contributed by atoms with E-state index in [0.29, 0.717) is 0 Å². The number of benzene rings is 3. The molecule has 3 rings (SSSR count). The van der Waals surface area contributed by atoms with Crippen LogP contribution in [0, 0.1) is 17.5 Å². The predicted octanol–water partition coefficient (Wildman–Crippen LogP) is -1.95. The molecule has 0 bridgehead atoms. The number of hydrogen-bond donors (Lipinski definition) is 0. The van der Waals surface area contributed by atoms with Crippen LogP contribution in [0.4, 0.5) is 13.2 Å². The van der Waals surface area contributed by atoms with Gasteiger partial charge >= 0.3 is 23.1 Å². The van der Waals surface area contributed by atoms with Gasteiger partial charge in [-0.3, -0.25) is 0 Å². The molecule has 0 saturated carbocycles. The minimum absolute atomic E-state index is 0. The molecule has 1 nitrogen and oxygen atoms in total. The summed E-state index contributed by atoms with van der Waals surface area (Å²) in [5, 5.41) is -0.555. The zero-order chi connectivity index (χ0) is 16.4. The molecule has 0 aromatic heterocycles. The summed E-state index contributed by atoms with van der Waals surface area (Å²) in [6, 6.07) is 16.2. The normalized spacial score (nSPS) is 10.6. The van der Waals surface area contributed by atoms with E-state index in [1.165, 1.54) is 54.6 Å². The standard InChI is InChI=1S/C18H12F3OSi.ClH.Mg/c19-13-7-1-4-10-16(13)23(22,17-11-5-2-8-14(17)20)18-12-6-3-9-15(18)21;;/h1-12H;1H;/q-1;;+2/p-1. The van der Waals surface area contributed by atoms with E-state index >= 15 is 0 Å². The summed E-state index contributed by atoms with van der Waals surface area (Å²) in [4.78, 5) is 13.8. The smallest absolute Gasteiger partial charge is 1.00 e. The third-order valence-corrected chi connectivity index (χ3v) is 7.25. The van der Waals surface area contributed by atoms with Crippen LogP contribution in [0.2, 0.25) is 0 Å². The van der Waals surface area contributed by atoms with Crippen molar-refractivity contribution in [3.05, 3.63) is 90.2 Å². The number of halogens is 4. The molecule has 0 saturated heterocycles. The van der Waals surface area contributed by atoms with Crippen LogP contribution >= 0.6 is 0 Å². The van der Waals surface area contributed by atoms with Gasteiger partial charge in [0.1, 0.15) is 17.5 Å². The molecule has 0 amide bonds. The third kappa shape index (κ3) is 3.93. The molecular weight excluding hydrogens is 377 g/mol. The van der Waals surface area contributed by atoms with Gasteiger partial charge in [0.25, 0.3) is 0 Å². The van der Waals surface area contributed by atoms with Crippen LogP contribution in [0.5, 0.6) is 0 Å². The summed E-state index contributed by atoms with van der Waals surface area (Å²) < 4.78 is 42.9. The van der Waals surface area contributed by atoms with Gasteiger partial charge in [0.05, 0.1) is 8.32 Å². The first-order chi connectivity index (χ1) is 11.0. The van der Waals surface area contributed by atoms with E-state index in [9.17, 15) is 18.0 Å². The summed E-state index contributed by atoms with van der Waals surface area (Å²) in [6.45, 7) is 0. The van der Waals surface area contributed by atoms with E-state index in [1.54, 1.807) is 0 Å². The van der Waals surface area contributed by atoms with Crippen LogP contribution < -0.4 is 32.8 Å². The van der Waals surface area contributed by atoms with Crippen LogP contribution in [-0.4, -0.2) is 31.4 Å². The van der Waals surface area contributed by atoms with Crippen molar-refractivity contribution in [3.8, 4) is 0 Å². The number of hydrogen-bond acceptors (Lipinski definition) is 1. The third-order valence-electron chi connectivity index (χ3n) is 3.76. The maximum atomic E-state index is 14.3. The molecule has 0 atom stereocenters. The maximum absolute atomic E-state index is 14.3. The fraction of sp³-hybridized carbons (Fsp3) is 0. The second-order valence-electron chi connectivity index (χ2n) is 5.12. The molecular formula is C18H12ClF3MgOSi. The van der Waals surface area contributed by atoms with Crippen molar-refractivity contribution < 1.29 is 30.4 Å². The van der Waals surface area contributed by atoms with Crippen molar-refractivity contribution in [1.82, 2.24) is 0 Å². The molecule has 7 heteroatoms. The van der Waals surface area contributed by atoms with Crippen molar-refractivity contribution in [2.24, 2.45) is 0 Å². The van der Waals surface area contributed by atoms with E-state index < -0.39 is 25.8 Å². The Morgan fingerprint density at radius 3 is 1.04 bits per heavy atom. The Labute approximate surface area is 167 Å². The Morgan fingerprint density at radius 2 is 0.800 bits per heavy atom. The summed E-state index contributed by atoms with van der Waals surface area (Å²) in [6.07, 6.45) is 0. The van der Waals surface area contributed by atoms with E-state index in [4.69, 9.17) is 0 Å². The van der Waals surface area contributed by atoms with Gasteiger partial charge in [-0.25, -0.2) is 13.2 Å². The molecule has 0 radical (unpaired) electrons. The fourth-order valence-corrected chi connectivity index (χ4v) is 5.80. The second-order valence-corrected chi connectivity index (χ2v) is 8.10. The molecule has 0 spiro atoms. The Kier molecular flexibility index (Phi) is 7.70. The first-order valence-electron chi connectivity index (χ1n) is 7.00. The van der Waals surface area contributed by atoms with Gasteiger partial charge in [-0.05, 0) is 33.8 Å². The Morgan fingerprint density at radius 1 is 0.560 bits per heavy atom. The molecule has 124 valence electrons. The molecule has 0 aliphatic carbocycles. The van der Waals surface area contributed by atoms with E-state index in [2.05, 4.69) is 0 Å². The number of rotatable bonds is 3. The average Bonchev–Trinajstić information content (AvgIpc) is 2.55. The average molecular weight is 389 g/mol. The van der Waals surface area contributed by atoms with Gasteiger partial charge in [-0.2, -0.15) is 0 Å². The maximum Gasteiger partial charge on any atom is 2.00 e.